The highest BCUT2D eigenvalue weighted by molar-refractivity contribution is 5.85. The fourth-order valence-electron chi connectivity index (χ4n) is 10.6. The Morgan fingerprint density at radius 1 is 1.05 bits per heavy atom. The Balaban J connectivity index is 1.47. The van der Waals surface area contributed by atoms with Crippen molar-refractivity contribution in [1.82, 2.24) is 0 Å². The molecule has 5 rings (SSSR count). The summed E-state index contributed by atoms with van der Waals surface area (Å²) in [6, 6.07) is 0. The second-order valence-electron chi connectivity index (χ2n) is 15.8. The zero-order valence-corrected chi connectivity index (χ0v) is 26.7. The molecule has 0 aromatic rings. The molecule has 0 amide bonds. The summed E-state index contributed by atoms with van der Waals surface area (Å²) >= 11 is 0. The highest BCUT2D eigenvalue weighted by Gasteiger charge is 2.67. The van der Waals surface area contributed by atoms with Crippen LogP contribution >= 0.6 is 0 Å². The zero-order valence-electron chi connectivity index (χ0n) is 26.7. The molecule has 0 aromatic heterocycles. The number of esters is 2. The molecule has 1 saturated heterocycles. The molecule has 10 atom stereocenters. The van der Waals surface area contributed by atoms with E-state index >= 15 is 0 Å². The van der Waals surface area contributed by atoms with Crippen LogP contribution in [-0.4, -0.2) is 46.9 Å². The van der Waals surface area contributed by atoms with Crippen molar-refractivity contribution in [1.29, 1.82) is 0 Å². The smallest absolute Gasteiger partial charge is 0.304 e. The third-order valence-electron chi connectivity index (χ3n) is 12.9. The number of hydrogen-bond donors (Lipinski definition) is 1. The van der Waals surface area contributed by atoms with Crippen LogP contribution in [0.5, 0.6) is 0 Å². The highest BCUT2D eigenvalue weighted by Crippen LogP contribution is 2.73. The molecule has 3 saturated carbocycles. The predicted molar refractivity (Wildman–Crippen MR) is 154 cm³/mol. The van der Waals surface area contributed by atoms with E-state index in [2.05, 4.69) is 40.7 Å². The van der Waals surface area contributed by atoms with Crippen molar-refractivity contribution in [2.75, 3.05) is 0 Å². The average molecular weight is 573 g/mol. The Labute approximate surface area is 246 Å². The van der Waals surface area contributed by atoms with Crippen LogP contribution in [0.2, 0.25) is 0 Å². The summed E-state index contributed by atoms with van der Waals surface area (Å²) in [6.45, 7) is 17.7. The standard InChI is InChI=1S/C34H52O7/c1-19(35)39-28(31(5,6)38)25-18-21(29(41-25)40-20(2)36)22-12-16-34(9)24-10-11-26-30(3,4)27(37)14-15-32(26,7)23(24)13-17-33(22,34)8/h10,21-23,25-26,28-29,38H,11-18H2,1-9H3/t21-,22-,23-,25-,26-,28+,29+,32+,33-,34+/m0/s1. The number of rotatable bonds is 5. The third kappa shape index (κ3) is 4.63. The van der Waals surface area contributed by atoms with Gasteiger partial charge in [-0.1, -0.05) is 46.3 Å². The Hall–Kier alpha value is -1.73. The summed E-state index contributed by atoms with van der Waals surface area (Å²) in [5.41, 5.74) is 0.0886. The van der Waals surface area contributed by atoms with E-state index in [4.69, 9.17) is 14.2 Å². The normalized spacial score (nSPS) is 44.2. The minimum Gasteiger partial charge on any atom is -0.457 e. The monoisotopic (exact) mass is 572 g/mol. The lowest BCUT2D eigenvalue weighted by atomic mass is 9.41. The molecule has 7 heteroatoms. The van der Waals surface area contributed by atoms with E-state index in [1.807, 2.05) is 0 Å². The summed E-state index contributed by atoms with van der Waals surface area (Å²) in [6.07, 6.45) is 7.71. The molecular weight excluding hydrogens is 520 g/mol. The summed E-state index contributed by atoms with van der Waals surface area (Å²) in [5, 5.41) is 10.9. The number of carbonyl (C=O) groups excluding carboxylic acids is 3. The molecule has 0 radical (unpaired) electrons. The van der Waals surface area contributed by atoms with Crippen LogP contribution in [0.1, 0.15) is 114 Å². The molecule has 41 heavy (non-hydrogen) atoms. The minimum atomic E-state index is -1.31. The summed E-state index contributed by atoms with van der Waals surface area (Å²) in [5.74, 6) is 0.569. The number of Topliss-reactive ketones (excluding diaryl/α,β-unsaturated/α-hetero) is 1. The van der Waals surface area contributed by atoms with Gasteiger partial charge in [-0.3, -0.25) is 14.4 Å². The molecule has 1 aliphatic heterocycles. The number of carbonyl (C=O) groups is 3. The predicted octanol–water partition coefficient (Wildman–Crippen LogP) is 6.16. The van der Waals surface area contributed by atoms with Gasteiger partial charge in [0.1, 0.15) is 11.9 Å². The Morgan fingerprint density at radius 3 is 2.34 bits per heavy atom. The maximum absolute atomic E-state index is 13.0. The lowest BCUT2D eigenvalue weighted by molar-refractivity contribution is -0.208. The SMILES string of the molecule is CC(=O)O[C@@H]1O[C@H]([C@@H](OC(C)=O)C(C)(C)O)C[C@H]1[C@@H]1CC[C@]2(C)C3=CC[C@H]4C(C)(C)C(=O)CC[C@]4(C)[C@H]3CC[C@@]12C. The van der Waals surface area contributed by atoms with E-state index in [1.165, 1.54) is 13.8 Å². The van der Waals surface area contributed by atoms with Crippen LogP contribution in [-0.2, 0) is 28.6 Å². The van der Waals surface area contributed by atoms with Crippen LogP contribution in [0.15, 0.2) is 11.6 Å². The highest BCUT2D eigenvalue weighted by atomic mass is 16.7. The molecule has 0 unspecified atom stereocenters. The van der Waals surface area contributed by atoms with E-state index < -0.39 is 36.0 Å². The molecule has 0 spiro atoms. The second-order valence-corrected chi connectivity index (χ2v) is 15.8. The van der Waals surface area contributed by atoms with Gasteiger partial charge in [-0.25, -0.2) is 0 Å². The van der Waals surface area contributed by atoms with Crippen LogP contribution in [0.4, 0.5) is 0 Å². The van der Waals surface area contributed by atoms with Gasteiger partial charge in [0.15, 0.2) is 6.10 Å². The van der Waals surface area contributed by atoms with Gasteiger partial charge in [-0.2, -0.15) is 0 Å². The number of aliphatic hydroxyl groups is 1. The van der Waals surface area contributed by atoms with Crippen molar-refractivity contribution < 1.29 is 33.7 Å². The maximum atomic E-state index is 13.0. The lowest BCUT2D eigenvalue weighted by Crippen LogP contribution is -2.57. The van der Waals surface area contributed by atoms with Gasteiger partial charge >= 0.3 is 11.9 Å². The number of ether oxygens (including phenoxy) is 3. The maximum Gasteiger partial charge on any atom is 0.304 e. The number of ketones is 1. The van der Waals surface area contributed by atoms with Gasteiger partial charge < -0.3 is 19.3 Å². The quantitative estimate of drug-likeness (QED) is 0.311. The fourth-order valence-corrected chi connectivity index (χ4v) is 10.6. The van der Waals surface area contributed by atoms with E-state index in [0.717, 1.165) is 38.5 Å². The van der Waals surface area contributed by atoms with Crippen LogP contribution in [0, 0.1) is 45.3 Å². The average Bonchev–Trinajstić information content (AvgIpc) is 3.36. The topological polar surface area (TPSA) is 99.1 Å². The Kier molecular flexibility index (Phi) is 7.42. The summed E-state index contributed by atoms with van der Waals surface area (Å²) in [4.78, 5) is 37.1. The van der Waals surface area contributed by atoms with Gasteiger partial charge in [0.2, 0.25) is 6.29 Å². The van der Waals surface area contributed by atoms with E-state index in [1.54, 1.807) is 19.4 Å². The molecule has 0 aromatic carbocycles. The number of fused-ring (bicyclic) bond motifs is 5. The Bertz CT molecular complexity index is 1130. The molecule has 1 heterocycles. The van der Waals surface area contributed by atoms with Crippen molar-refractivity contribution >= 4 is 17.7 Å². The molecule has 5 aliphatic rings. The van der Waals surface area contributed by atoms with Crippen molar-refractivity contribution in [2.45, 2.75) is 138 Å². The molecule has 7 nitrogen and oxygen atoms in total. The van der Waals surface area contributed by atoms with Crippen molar-refractivity contribution in [3.8, 4) is 0 Å². The first-order valence-electron chi connectivity index (χ1n) is 15.8. The zero-order chi connectivity index (χ0) is 30.3. The molecule has 1 N–H and O–H groups in total. The number of hydrogen-bond acceptors (Lipinski definition) is 7. The van der Waals surface area contributed by atoms with Crippen molar-refractivity contribution in [3.05, 3.63) is 11.6 Å². The van der Waals surface area contributed by atoms with Gasteiger partial charge in [0.05, 0.1) is 5.60 Å². The van der Waals surface area contributed by atoms with Gasteiger partial charge in [0.25, 0.3) is 0 Å². The molecule has 0 bridgehead atoms. The number of allylic oxidation sites excluding steroid dienone is 2. The molecule has 230 valence electrons. The third-order valence-corrected chi connectivity index (χ3v) is 12.9. The largest absolute Gasteiger partial charge is 0.457 e. The van der Waals surface area contributed by atoms with E-state index in [0.29, 0.717) is 30.5 Å². The fraction of sp³-hybridized carbons (Fsp3) is 0.853. The van der Waals surface area contributed by atoms with Gasteiger partial charge in [-0.15, -0.1) is 0 Å². The second kappa shape index (κ2) is 9.90. The summed E-state index contributed by atoms with van der Waals surface area (Å²) in [7, 11) is 0. The van der Waals surface area contributed by atoms with Crippen LogP contribution in [0.3, 0.4) is 0 Å². The lowest BCUT2D eigenvalue weighted by Gasteiger charge is -2.63. The van der Waals surface area contributed by atoms with Crippen LogP contribution in [0.25, 0.3) is 0 Å². The first-order chi connectivity index (χ1) is 18.9. The summed E-state index contributed by atoms with van der Waals surface area (Å²) < 4.78 is 17.7. The first-order valence-corrected chi connectivity index (χ1v) is 15.8. The molecular formula is C34H52O7. The van der Waals surface area contributed by atoms with Gasteiger partial charge in [-0.05, 0) is 92.8 Å². The van der Waals surface area contributed by atoms with Crippen molar-refractivity contribution in [3.63, 3.8) is 0 Å². The van der Waals surface area contributed by atoms with Gasteiger partial charge in [0, 0.05) is 31.6 Å². The minimum absolute atomic E-state index is 0.00452. The van der Waals surface area contributed by atoms with Crippen molar-refractivity contribution in [2.24, 2.45) is 45.3 Å². The van der Waals surface area contributed by atoms with Crippen LogP contribution < -0.4 is 0 Å². The molecule has 4 fully saturated rings. The van der Waals surface area contributed by atoms with E-state index in [-0.39, 0.29) is 33.5 Å². The van der Waals surface area contributed by atoms with E-state index in [9.17, 15) is 19.5 Å². The molecule has 4 aliphatic carbocycles. The Morgan fingerprint density at radius 2 is 1.73 bits per heavy atom. The first kappa shape index (κ1) is 30.7.